The number of rotatable bonds is 9. The number of piperidine rings is 1. The lowest BCUT2D eigenvalue weighted by atomic mass is 10.1. The van der Waals surface area contributed by atoms with Crippen LogP contribution in [-0.2, 0) is 11.3 Å². The average molecular weight is 565 g/mol. The van der Waals surface area contributed by atoms with Crippen molar-refractivity contribution < 1.29 is 14.5 Å². The monoisotopic (exact) mass is 565 g/mol. The molecule has 0 bridgehead atoms. The first-order chi connectivity index (χ1) is 14.5. The molecular weight excluding hydrogens is 533 g/mol. The Hall–Kier alpha value is -1.76. The third kappa shape index (κ3) is 9.93. The van der Waals surface area contributed by atoms with Gasteiger partial charge in [0.1, 0.15) is 0 Å². The van der Waals surface area contributed by atoms with Gasteiger partial charge in [0, 0.05) is 37.8 Å². The molecule has 1 heterocycles. The first-order valence-corrected chi connectivity index (χ1v) is 11.6. The summed E-state index contributed by atoms with van der Waals surface area (Å²) in [6, 6.07) is 6.67. The summed E-state index contributed by atoms with van der Waals surface area (Å²) in [6.07, 6.45) is 4.50. The number of halogens is 1. The third-order valence-electron chi connectivity index (χ3n) is 4.75. The molecule has 31 heavy (non-hydrogen) atoms. The summed E-state index contributed by atoms with van der Waals surface area (Å²) >= 11 is 1.81. The second-order valence-electron chi connectivity index (χ2n) is 6.97. The highest BCUT2D eigenvalue weighted by Crippen LogP contribution is 2.13. The van der Waals surface area contributed by atoms with Crippen LogP contribution in [0.15, 0.2) is 29.3 Å². The second kappa shape index (κ2) is 15.1. The fraction of sp³-hybridized carbons (Fsp3) is 0.600. The lowest BCUT2D eigenvalue weighted by Gasteiger charge is -2.32. The number of benzene rings is 1. The minimum atomic E-state index is -0.407. The zero-order valence-electron chi connectivity index (χ0n) is 18.0. The Balaban J connectivity index is 0.00000480. The van der Waals surface area contributed by atoms with Gasteiger partial charge in [-0.15, -0.1) is 24.0 Å². The largest absolute Gasteiger partial charge is 0.450 e. The smallest absolute Gasteiger partial charge is 0.409 e. The van der Waals surface area contributed by atoms with Crippen LogP contribution < -0.4 is 10.6 Å². The van der Waals surface area contributed by atoms with Gasteiger partial charge in [0.25, 0.3) is 5.69 Å². The van der Waals surface area contributed by atoms with Gasteiger partial charge in [-0.1, -0.05) is 12.1 Å². The number of nitro benzene ring substituents is 1. The maximum atomic E-state index is 11.9. The normalized spacial score (nSPS) is 14.5. The molecule has 1 aromatic rings. The molecule has 1 fully saturated rings. The van der Waals surface area contributed by atoms with Gasteiger partial charge in [-0.25, -0.2) is 9.79 Å². The molecule has 11 heteroatoms. The molecule has 1 aromatic carbocycles. The van der Waals surface area contributed by atoms with Crippen LogP contribution >= 0.6 is 35.7 Å². The highest BCUT2D eigenvalue weighted by molar-refractivity contribution is 14.0. The molecule has 0 aromatic heterocycles. The van der Waals surface area contributed by atoms with E-state index in [1.165, 1.54) is 12.1 Å². The fourth-order valence-corrected chi connectivity index (χ4v) is 3.52. The topological polar surface area (TPSA) is 109 Å². The predicted molar refractivity (Wildman–Crippen MR) is 135 cm³/mol. The van der Waals surface area contributed by atoms with E-state index in [9.17, 15) is 14.9 Å². The highest BCUT2D eigenvalue weighted by atomic mass is 127. The Morgan fingerprint density at radius 2 is 2.00 bits per heavy atom. The van der Waals surface area contributed by atoms with Crippen molar-refractivity contribution in [3.05, 3.63) is 39.9 Å². The minimum Gasteiger partial charge on any atom is -0.450 e. The van der Waals surface area contributed by atoms with Gasteiger partial charge < -0.3 is 20.3 Å². The van der Waals surface area contributed by atoms with Crippen molar-refractivity contribution in [3.63, 3.8) is 0 Å². The molecule has 0 aliphatic carbocycles. The fourth-order valence-electron chi connectivity index (χ4n) is 3.08. The maximum absolute atomic E-state index is 11.9. The zero-order chi connectivity index (χ0) is 21.8. The van der Waals surface area contributed by atoms with E-state index < -0.39 is 4.92 Å². The highest BCUT2D eigenvalue weighted by Gasteiger charge is 2.24. The number of thioether (sulfide) groups is 1. The standard InChI is InChI=1S/C20H31N5O4S.HI/c1-3-29-20(26)24-12-9-17(10-13-24)23-19(21-11-4-14-30-2)22-15-16-5-7-18(8-6-16)25(27)28;/h5-8,17H,3-4,9-15H2,1-2H3,(H2,21,22,23);1H. The number of carbonyl (C=O) groups is 1. The molecule has 0 saturated carbocycles. The molecule has 0 unspecified atom stereocenters. The molecule has 2 N–H and O–H groups in total. The van der Waals surface area contributed by atoms with E-state index in [0.717, 1.165) is 43.1 Å². The van der Waals surface area contributed by atoms with Crippen molar-refractivity contribution in [3.8, 4) is 0 Å². The van der Waals surface area contributed by atoms with Gasteiger partial charge in [0.15, 0.2) is 5.96 Å². The number of likely N-dealkylation sites (tertiary alicyclic amines) is 1. The summed E-state index contributed by atoms with van der Waals surface area (Å²) in [5.41, 5.74) is 0.979. The number of ether oxygens (including phenoxy) is 1. The van der Waals surface area contributed by atoms with Crippen LogP contribution in [0.2, 0.25) is 0 Å². The number of nitrogens with zero attached hydrogens (tertiary/aromatic N) is 3. The van der Waals surface area contributed by atoms with Crippen LogP contribution in [0.3, 0.4) is 0 Å². The van der Waals surface area contributed by atoms with Crippen molar-refractivity contribution in [1.29, 1.82) is 0 Å². The van der Waals surface area contributed by atoms with Crippen LogP contribution in [0.1, 0.15) is 31.7 Å². The van der Waals surface area contributed by atoms with Crippen molar-refractivity contribution in [2.75, 3.05) is 38.2 Å². The van der Waals surface area contributed by atoms with Crippen molar-refractivity contribution in [2.45, 2.75) is 38.8 Å². The summed E-state index contributed by atoms with van der Waals surface area (Å²) in [5.74, 6) is 1.80. The number of nitrogens with one attached hydrogen (secondary N) is 2. The van der Waals surface area contributed by atoms with Crippen molar-refractivity contribution in [1.82, 2.24) is 15.5 Å². The van der Waals surface area contributed by atoms with Gasteiger partial charge in [-0.2, -0.15) is 11.8 Å². The number of non-ortho nitro benzene ring substituents is 1. The number of guanidine groups is 1. The number of amides is 1. The van der Waals surface area contributed by atoms with E-state index in [1.807, 2.05) is 6.92 Å². The van der Waals surface area contributed by atoms with Crippen molar-refractivity contribution in [2.24, 2.45) is 4.99 Å². The second-order valence-corrected chi connectivity index (χ2v) is 7.95. The van der Waals surface area contributed by atoms with E-state index in [-0.39, 0.29) is 41.8 Å². The molecule has 9 nitrogen and oxygen atoms in total. The quantitative estimate of drug-likeness (QED) is 0.118. The molecule has 1 saturated heterocycles. The van der Waals surface area contributed by atoms with Crippen LogP contribution in [-0.4, -0.2) is 66.2 Å². The van der Waals surface area contributed by atoms with Gasteiger partial charge in [0.05, 0.1) is 18.1 Å². The van der Waals surface area contributed by atoms with E-state index in [0.29, 0.717) is 26.2 Å². The van der Waals surface area contributed by atoms with Crippen LogP contribution in [0, 0.1) is 10.1 Å². The first-order valence-electron chi connectivity index (χ1n) is 10.2. The molecule has 1 aliphatic heterocycles. The number of nitro groups is 1. The number of aliphatic imine (C=N–C) groups is 1. The Morgan fingerprint density at radius 3 is 2.58 bits per heavy atom. The van der Waals surface area contributed by atoms with Crippen LogP contribution in [0.25, 0.3) is 0 Å². The SMILES string of the molecule is CCOC(=O)N1CCC(NC(=NCc2ccc([N+](=O)[O-])cc2)NCCCSC)CC1.I. The van der Waals surface area contributed by atoms with Gasteiger partial charge in [-0.05, 0) is 43.8 Å². The number of hydrogen-bond acceptors (Lipinski definition) is 6. The third-order valence-corrected chi connectivity index (χ3v) is 5.44. The summed E-state index contributed by atoms with van der Waals surface area (Å²) in [6.45, 7) is 4.74. The van der Waals surface area contributed by atoms with E-state index in [2.05, 4.69) is 21.9 Å². The maximum Gasteiger partial charge on any atom is 0.409 e. The van der Waals surface area contributed by atoms with E-state index in [1.54, 1.807) is 28.8 Å². The van der Waals surface area contributed by atoms with E-state index in [4.69, 9.17) is 4.74 Å². The molecule has 1 aliphatic rings. The molecule has 174 valence electrons. The van der Waals surface area contributed by atoms with Gasteiger partial charge in [0.2, 0.25) is 0 Å². The molecule has 2 rings (SSSR count). The summed E-state index contributed by atoms with van der Waals surface area (Å²) in [4.78, 5) is 28.6. The van der Waals surface area contributed by atoms with E-state index >= 15 is 0 Å². The average Bonchev–Trinajstić information content (AvgIpc) is 2.75. The molecule has 0 radical (unpaired) electrons. The zero-order valence-corrected chi connectivity index (χ0v) is 21.2. The van der Waals surface area contributed by atoms with Crippen LogP contribution in [0.5, 0.6) is 0 Å². The van der Waals surface area contributed by atoms with Gasteiger partial charge >= 0.3 is 6.09 Å². The Kier molecular flexibility index (Phi) is 13.3. The first kappa shape index (κ1) is 27.3. The van der Waals surface area contributed by atoms with Gasteiger partial charge in [-0.3, -0.25) is 10.1 Å². The summed E-state index contributed by atoms with van der Waals surface area (Å²) in [5, 5.41) is 17.6. The number of hydrogen-bond donors (Lipinski definition) is 2. The Labute approximate surface area is 204 Å². The Bertz CT molecular complexity index is 712. The van der Waals surface area contributed by atoms with Crippen molar-refractivity contribution >= 4 is 53.5 Å². The molecule has 1 amide bonds. The molecular formula is C20H32IN5O4S. The van der Waals surface area contributed by atoms with Crippen LogP contribution in [0.4, 0.5) is 10.5 Å². The predicted octanol–water partition coefficient (Wildman–Crippen LogP) is 3.62. The Morgan fingerprint density at radius 1 is 1.32 bits per heavy atom. The summed E-state index contributed by atoms with van der Waals surface area (Å²) < 4.78 is 5.07. The summed E-state index contributed by atoms with van der Waals surface area (Å²) in [7, 11) is 0. The molecule has 0 atom stereocenters. The molecule has 0 spiro atoms. The lowest BCUT2D eigenvalue weighted by Crippen LogP contribution is -2.50. The lowest BCUT2D eigenvalue weighted by molar-refractivity contribution is -0.384. The minimum absolute atomic E-state index is 0. The number of carbonyl (C=O) groups excluding carboxylic acids is 1.